The van der Waals surface area contributed by atoms with Crippen molar-refractivity contribution in [2.24, 2.45) is 0 Å². The zero-order valence-electron chi connectivity index (χ0n) is 17.1. The summed E-state index contributed by atoms with van der Waals surface area (Å²) in [7, 11) is -3.51. The van der Waals surface area contributed by atoms with Gasteiger partial charge in [0.1, 0.15) is 0 Å². The van der Waals surface area contributed by atoms with Crippen molar-refractivity contribution in [2.75, 3.05) is 13.1 Å². The maximum Gasteiger partial charge on any atom is 0.243 e. The minimum absolute atomic E-state index is 0.206. The molecule has 29 heavy (non-hydrogen) atoms. The minimum Gasteiger partial charge on any atom is -0.316 e. The molecule has 1 heterocycles. The Balaban J connectivity index is 1.98. The van der Waals surface area contributed by atoms with Crippen LogP contribution in [0.4, 0.5) is 0 Å². The second kappa shape index (κ2) is 9.08. The molecular weight excluding hydrogens is 426 g/mol. The Kier molecular flexibility index (Phi) is 6.94. The molecule has 8 heteroatoms. The normalized spacial score (nSPS) is 12.4. The van der Waals surface area contributed by atoms with Gasteiger partial charge in [0.15, 0.2) is 5.16 Å². The molecule has 0 radical (unpaired) electrons. The van der Waals surface area contributed by atoms with E-state index in [9.17, 15) is 8.42 Å². The first-order valence-corrected chi connectivity index (χ1v) is 12.5. The number of rotatable bonds is 8. The van der Waals surface area contributed by atoms with E-state index in [0.29, 0.717) is 18.6 Å². The molecule has 0 aliphatic heterocycles. The van der Waals surface area contributed by atoms with E-state index in [1.54, 1.807) is 23.9 Å². The number of aromatic nitrogens is 2. The average molecular weight is 452 g/mol. The van der Waals surface area contributed by atoms with E-state index in [1.807, 2.05) is 44.2 Å². The van der Waals surface area contributed by atoms with Crippen LogP contribution < -0.4 is 0 Å². The molecule has 0 fully saturated rings. The van der Waals surface area contributed by atoms with E-state index in [4.69, 9.17) is 16.6 Å². The Labute approximate surface area is 182 Å². The zero-order chi connectivity index (χ0) is 21.2. The maximum atomic E-state index is 12.9. The van der Waals surface area contributed by atoms with E-state index in [-0.39, 0.29) is 10.9 Å². The number of nitrogens with zero attached hydrogens (tertiary/aromatic N) is 3. The molecule has 0 N–H and O–H groups in total. The molecule has 2 aromatic carbocycles. The summed E-state index contributed by atoms with van der Waals surface area (Å²) >= 11 is 7.61. The standard InChI is InChI=1S/C21H26ClN3O2S2/c1-5-24(6-2)29(26,27)18-11-12-20-19(13-18)23-21(25(20)15(3)4)28-14-16-7-9-17(22)10-8-16/h7-13,15H,5-6,14H2,1-4H3. The van der Waals surface area contributed by atoms with Crippen LogP contribution in [-0.4, -0.2) is 35.4 Å². The molecule has 3 aromatic rings. The van der Waals surface area contributed by atoms with Crippen LogP contribution in [0.1, 0.15) is 39.3 Å². The van der Waals surface area contributed by atoms with Gasteiger partial charge >= 0.3 is 0 Å². The van der Waals surface area contributed by atoms with Gasteiger partial charge < -0.3 is 4.57 Å². The van der Waals surface area contributed by atoms with Gasteiger partial charge in [-0.2, -0.15) is 4.31 Å². The Morgan fingerprint density at radius 1 is 1.10 bits per heavy atom. The molecule has 5 nitrogen and oxygen atoms in total. The molecule has 0 atom stereocenters. The van der Waals surface area contributed by atoms with E-state index in [0.717, 1.165) is 27.0 Å². The predicted molar refractivity (Wildman–Crippen MR) is 121 cm³/mol. The van der Waals surface area contributed by atoms with Gasteiger partial charge in [0.2, 0.25) is 10.0 Å². The second-order valence-electron chi connectivity index (χ2n) is 7.01. The van der Waals surface area contributed by atoms with E-state index in [2.05, 4.69) is 18.4 Å². The van der Waals surface area contributed by atoms with E-state index >= 15 is 0 Å². The smallest absolute Gasteiger partial charge is 0.243 e. The molecule has 0 aliphatic rings. The number of hydrogen-bond donors (Lipinski definition) is 0. The third-order valence-corrected chi connectivity index (χ3v) is 8.09. The van der Waals surface area contributed by atoms with Gasteiger partial charge in [-0.05, 0) is 49.7 Å². The van der Waals surface area contributed by atoms with Crippen LogP contribution in [0.25, 0.3) is 11.0 Å². The van der Waals surface area contributed by atoms with Crippen molar-refractivity contribution in [1.29, 1.82) is 0 Å². The summed E-state index contributed by atoms with van der Waals surface area (Å²) in [6, 6.07) is 13.2. The molecule has 3 rings (SSSR count). The molecule has 1 aromatic heterocycles. The SMILES string of the molecule is CCN(CC)S(=O)(=O)c1ccc2c(c1)nc(SCc1ccc(Cl)cc1)n2C(C)C. The van der Waals surface area contributed by atoms with Crippen molar-refractivity contribution >= 4 is 44.4 Å². The van der Waals surface area contributed by atoms with Gasteiger partial charge in [0.05, 0.1) is 15.9 Å². The lowest BCUT2D eigenvalue weighted by Crippen LogP contribution is -2.30. The third kappa shape index (κ3) is 4.63. The summed E-state index contributed by atoms with van der Waals surface area (Å²) in [5.41, 5.74) is 2.80. The highest BCUT2D eigenvalue weighted by Crippen LogP contribution is 2.31. The van der Waals surface area contributed by atoms with Crippen molar-refractivity contribution in [3.05, 3.63) is 53.1 Å². The summed E-state index contributed by atoms with van der Waals surface area (Å²) in [5, 5.41) is 1.59. The maximum absolute atomic E-state index is 12.9. The Morgan fingerprint density at radius 2 is 1.76 bits per heavy atom. The summed E-state index contributed by atoms with van der Waals surface area (Å²) in [6.45, 7) is 8.79. The third-order valence-electron chi connectivity index (χ3n) is 4.77. The van der Waals surface area contributed by atoms with Gasteiger partial charge in [-0.1, -0.05) is 49.3 Å². The van der Waals surface area contributed by atoms with E-state index < -0.39 is 10.0 Å². The van der Waals surface area contributed by atoms with Crippen LogP contribution in [0.2, 0.25) is 5.02 Å². The predicted octanol–water partition coefficient (Wildman–Crippen LogP) is 5.59. The first-order valence-electron chi connectivity index (χ1n) is 9.67. The molecule has 0 unspecified atom stereocenters. The van der Waals surface area contributed by atoms with Crippen LogP contribution >= 0.6 is 23.4 Å². The lowest BCUT2D eigenvalue weighted by Gasteiger charge is -2.18. The highest BCUT2D eigenvalue weighted by Gasteiger charge is 2.23. The van der Waals surface area contributed by atoms with Gasteiger partial charge in [-0.25, -0.2) is 13.4 Å². The largest absolute Gasteiger partial charge is 0.316 e. The molecule has 0 saturated carbocycles. The first kappa shape index (κ1) is 22.2. The Bertz CT molecular complexity index is 1090. The van der Waals surface area contributed by atoms with Gasteiger partial charge in [-0.3, -0.25) is 0 Å². The zero-order valence-corrected chi connectivity index (χ0v) is 19.5. The quantitative estimate of drug-likeness (QED) is 0.418. The number of benzene rings is 2. The number of sulfonamides is 1. The first-order chi connectivity index (χ1) is 13.8. The fraction of sp³-hybridized carbons (Fsp3) is 0.381. The van der Waals surface area contributed by atoms with E-state index in [1.165, 1.54) is 4.31 Å². The minimum atomic E-state index is -3.51. The van der Waals surface area contributed by atoms with Crippen molar-refractivity contribution in [3.8, 4) is 0 Å². The van der Waals surface area contributed by atoms with Crippen molar-refractivity contribution in [3.63, 3.8) is 0 Å². The van der Waals surface area contributed by atoms with Crippen molar-refractivity contribution < 1.29 is 8.42 Å². The van der Waals surface area contributed by atoms with Gasteiger partial charge in [0, 0.05) is 29.9 Å². The van der Waals surface area contributed by atoms with Gasteiger partial charge in [-0.15, -0.1) is 0 Å². The van der Waals surface area contributed by atoms with Crippen molar-refractivity contribution in [2.45, 2.75) is 49.5 Å². The van der Waals surface area contributed by atoms with Crippen LogP contribution in [0.5, 0.6) is 0 Å². The molecular formula is C21H26ClN3O2S2. The molecule has 0 amide bonds. The monoisotopic (exact) mass is 451 g/mol. The number of thioether (sulfide) groups is 1. The topological polar surface area (TPSA) is 55.2 Å². The summed E-state index contributed by atoms with van der Waals surface area (Å²) in [5.74, 6) is 0.762. The fourth-order valence-corrected chi connectivity index (χ4v) is 5.96. The number of hydrogen-bond acceptors (Lipinski definition) is 4. The Morgan fingerprint density at radius 3 is 2.34 bits per heavy atom. The molecule has 0 aliphatic carbocycles. The average Bonchev–Trinajstić information content (AvgIpc) is 3.06. The van der Waals surface area contributed by atoms with Crippen molar-refractivity contribution in [1.82, 2.24) is 13.9 Å². The second-order valence-corrected chi connectivity index (χ2v) is 10.3. The van der Waals surface area contributed by atoms with Crippen LogP contribution in [0, 0.1) is 0 Å². The molecule has 0 bridgehead atoms. The highest BCUT2D eigenvalue weighted by molar-refractivity contribution is 7.98. The molecule has 0 spiro atoms. The fourth-order valence-electron chi connectivity index (χ4n) is 3.26. The van der Waals surface area contributed by atoms with Crippen LogP contribution in [-0.2, 0) is 15.8 Å². The van der Waals surface area contributed by atoms with Crippen LogP contribution in [0.15, 0.2) is 52.5 Å². The number of imidazole rings is 1. The number of fused-ring (bicyclic) bond motifs is 1. The Hall–Kier alpha value is -1.54. The van der Waals surface area contributed by atoms with Gasteiger partial charge in [0.25, 0.3) is 0 Å². The lowest BCUT2D eigenvalue weighted by molar-refractivity contribution is 0.445. The number of halogens is 1. The molecule has 0 saturated heterocycles. The highest BCUT2D eigenvalue weighted by atomic mass is 35.5. The summed E-state index contributed by atoms with van der Waals surface area (Å²) in [6.07, 6.45) is 0. The molecule has 156 valence electrons. The van der Waals surface area contributed by atoms with Crippen LogP contribution in [0.3, 0.4) is 0 Å². The summed E-state index contributed by atoms with van der Waals surface area (Å²) in [4.78, 5) is 5.06. The lowest BCUT2D eigenvalue weighted by atomic mass is 10.2. The summed E-state index contributed by atoms with van der Waals surface area (Å²) < 4.78 is 29.4.